The molecule has 0 unspecified atom stereocenters. The summed E-state index contributed by atoms with van der Waals surface area (Å²) in [6.45, 7) is -3.19. The molecule has 1 heterocycles. The van der Waals surface area contributed by atoms with Gasteiger partial charge in [-0.3, -0.25) is 14.9 Å². The topological polar surface area (TPSA) is 87.3 Å². The molecule has 28 heavy (non-hydrogen) atoms. The molecule has 12 heteroatoms. The molecule has 0 fully saturated rings. The van der Waals surface area contributed by atoms with E-state index < -0.39 is 40.3 Å². The zero-order valence-electron chi connectivity index (χ0n) is 13.8. The standard InChI is InChI=1S/C16H8BrClF3N3O4/c1-23-15(28-16(20)21)8-5-10(24(26)27)11(12(17)13(8)22-23)14(25)7-4-6(19)2-3-9(7)18/h2-5,16H,1H3. The van der Waals surface area contributed by atoms with Gasteiger partial charge in [0.1, 0.15) is 16.9 Å². The molecule has 2 aromatic carbocycles. The van der Waals surface area contributed by atoms with Crippen LogP contribution >= 0.6 is 27.5 Å². The number of alkyl halides is 2. The summed E-state index contributed by atoms with van der Waals surface area (Å²) >= 11 is 9.01. The van der Waals surface area contributed by atoms with Crippen LogP contribution in [0.4, 0.5) is 18.9 Å². The van der Waals surface area contributed by atoms with Crippen LogP contribution in [0, 0.1) is 15.9 Å². The Hall–Kier alpha value is -2.66. The van der Waals surface area contributed by atoms with E-state index in [1.165, 1.54) is 7.05 Å². The molecule has 3 rings (SSSR count). The number of carbonyl (C=O) groups excluding carboxylic acids is 1. The van der Waals surface area contributed by atoms with E-state index in [1.54, 1.807) is 0 Å². The van der Waals surface area contributed by atoms with E-state index in [0.717, 1.165) is 28.9 Å². The Kier molecular flexibility index (Phi) is 5.31. The van der Waals surface area contributed by atoms with E-state index in [9.17, 15) is 28.1 Å². The van der Waals surface area contributed by atoms with Crippen molar-refractivity contribution in [3.63, 3.8) is 0 Å². The Morgan fingerprint density at radius 3 is 2.68 bits per heavy atom. The number of halogens is 5. The number of carbonyl (C=O) groups is 1. The van der Waals surface area contributed by atoms with Gasteiger partial charge in [-0.25, -0.2) is 9.07 Å². The molecular formula is C16H8BrClF3N3O4. The summed E-state index contributed by atoms with van der Waals surface area (Å²) in [4.78, 5) is 23.6. The number of rotatable bonds is 5. The Morgan fingerprint density at radius 1 is 1.39 bits per heavy atom. The van der Waals surface area contributed by atoms with Crippen molar-refractivity contribution in [1.82, 2.24) is 9.78 Å². The molecule has 146 valence electrons. The molecule has 1 aromatic heterocycles. The molecule has 0 aliphatic carbocycles. The molecular weight excluding hydrogens is 471 g/mol. The Balaban J connectivity index is 2.32. The zero-order valence-corrected chi connectivity index (χ0v) is 16.1. The predicted molar refractivity (Wildman–Crippen MR) is 96.5 cm³/mol. The molecule has 0 radical (unpaired) electrons. The summed E-state index contributed by atoms with van der Waals surface area (Å²) < 4.78 is 44.1. The molecule has 7 nitrogen and oxygen atoms in total. The molecule has 0 bridgehead atoms. The summed E-state index contributed by atoms with van der Waals surface area (Å²) in [7, 11) is 1.29. The van der Waals surface area contributed by atoms with Gasteiger partial charge in [-0.15, -0.1) is 0 Å². The van der Waals surface area contributed by atoms with Crippen LogP contribution in [0.2, 0.25) is 5.02 Å². The fourth-order valence-electron chi connectivity index (χ4n) is 2.65. The van der Waals surface area contributed by atoms with Gasteiger partial charge in [0, 0.05) is 18.7 Å². The molecule has 0 saturated heterocycles. The van der Waals surface area contributed by atoms with Crippen molar-refractivity contribution in [2.24, 2.45) is 7.05 Å². The summed E-state index contributed by atoms with van der Waals surface area (Å²) in [5.74, 6) is -2.12. The molecule has 0 amide bonds. The first-order valence-electron chi connectivity index (χ1n) is 7.40. The highest BCUT2D eigenvalue weighted by Gasteiger charge is 2.31. The second-order valence-corrected chi connectivity index (χ2v) is 6.70. The number of hydrogen-bond donors (Lipinski definition) is 0. The first kappa shape index (κ1) is 20.1. The summed E-state index contributed by atoms with van der Waals surface area (Å²) in [6, 6.07) is 3.90. The molecule has 0 saturated carbocycles. The van der Waals surface area contributed by atoms with E-state index >= 15 is 0 Å². The third kappa shape index (κ3) is 3.42. The van der Waals surface area contributed by atoms with Crippen molar-refractivity contribution in [2.75, 3.05) is 0 Å². The fourth-order valence-corrected chi connectivity index (χ4v) is 3.53. The van der Waals surface area contributed by atoms with Gasteiger partial charge in [-0.2, -0.15) is 13.9 Å². The number of aromatic nitrogens is 2. The molecule has 0 atom stereocenters. The van der Waals surface area contributed by atoms with Gasteiger partial charge < -0.3 is 4.74 Å². The Bertz CT molecular complexity index is 1140. The molecule has 0 aliphatic rings. The lowest BCUT2D eigenvalue weighted by molar-refractivity contribution is -0.385. The van der Waals surface area contributed by atoms with Crippen molar-refractivity contribution in [1.29, 1.82) is 0 Å². The largest absolute Gasteiger partial charge is 0.417 e. The second-order valence-electron chi connectivity index (χ2n) is 5.50. The SMILES string of the molecule is Cn1nc2c(Br)c(C(=O)c3cc(F)ccc3Cl)c([N+](=O)[O-])cc2c1OC(F)F. The lowest BCUT2D eigenvalue weighted by Crippen LogP contribution is -2.08. The van der Waals surface area contributed by atoms with Crippen LogP contribution in [0.15, 0.2) is 28.7 Å². The van der Waals surface area contributed by atoms with Crippen LogP contribution in [-0.4, -0.2) is 27.1 Å². The number of ether oxygens (including phenoxy) is 1. The van der Waals surface area contributed by atoms with Gasteiger partial charge in [0.15, 0.2) is 0 Å². The monoisotopic (exact) mass is 477 g/mol. The number of hydrogen-bond acceptors (Lipinski definition) is 5. The smallest absolute Gasteiger partial charge is 0.388 e. The van der Waals surface area contributed by atoms with Crippen LogP contribution in [0.3, 0.4) is 0 Å². The second kappa shape index (κ2) is 7.40. The highest BCUT2D eigenvalue weighted by Crippen LogP contribution is 2.40. The lowest BCUT2D eigenvalue weighted by atomic mass is 10.00. The minimum atomic E-state index is -3.19. The molecule has 0 spiro atoms. The van der Waals surface area contributed by atoms with E-state index in [4.69, 9.17) is 11.6 Å². The minimum Gasteiger partial charge on any atom is -0.417 e. The average Bonchev–Trinajstić information content (AvgIpc) is 2.92. The number of aryl methyl sites for hydroxylation is 1. The Labute approximate surface area is 167 Å². The van der Waals surface area contributed by atoms with Crippen molar-refractivity contribution < 1.29 is 27.6 Å². The van der Waals surface area contributed by atoms with Crippen LogP contribution in [-0.2, 0) is 7.05 Å². The average molecular weight is 479 g/mol. The summed E-state index contributed by atoms with van der Waals surface area (Å²) in [6.07, 6.45) is 0. The fraction of sp³-hybridized carbons (Fsp3) is 0.125. The van der Waals surface area contributed by atoms with E-state index in [0.29, 0.717) is 0 Å². The van der Waals surface area contributed by atoms with Crippen molar-refractivity contribution >= 4 is 49.9 Å². The highest BCUT2D eigenvalue weighted by atomic mass is 79.9. The van der Waals surface area contributed by atoms with E-state index in [-0.39, 0.29) is 26.0 Å². The third-order valence-corrected chi connectivity index (χ3v) is 4.89. The number of ketones is 1. The van der Waals surface area contributed by atoms with Crippen molar-refractivity contribution in [2.45, 2.75) is 6.61 Å². The summed E-state index contributed by atoms with van der Waals surface area (Å²) in [5.41, 5.74) is -1.49. The number of nitro groups is 1. The van der Waals surface area contributed by atoms with Gasteiger partial charge in [0.2, 0.25) is 11.7 Å². The quantitative estimate of drug-likeness (QED) is 0.297. The number of benzene rings is 2. The number of nitrogens with zero attached hydrogens (tertiary/aromatic N) is 3. The van der Waals surface area contributed by atoms with E-state index in [1.807, 2.05) is 0 Å². The van der Waals surface area contributed by atoms with E-state index in [2.05, 4.69) is 25.8 Å². The van der Waals surface area contributed by atoms with Gasteiger partial charge >= 0.3 is 6.61 Å². The van der Waals surface area contributed by atoms with Crippen LogP contribution in [0.5, 0.6) is 5.88 Å². The van der Waals surface area contributed by atoms with Gasteiger partial charge in [0.25, 0.3) is 5.69 Å². The normalized spacial score (nSPS) is 11.2. The first-order chi connectivity index (χ1) is 13.1. The van der Waals surface area contributed by atoms with Crippen LogP contribution in [0.25, 0.3) is 10.9 Å². The molecule has 3 aromatic rings. The first-order valence-corrected chi connectivity index (χ1v) is 8.57. The van der Waals surface area contributed by atoms with Gasteiger partial charge in [-0.05, 0) is 34.1 Å². The van der Waals surface area contributed by atoms with Crippen molar-refractivity contribution in [3.8, 4) is 5.88 Å². The summed E-state index contributed by atoms with van der Waals surface area (Å²) in [5, 5.41) is 15.3. The number of fused-ring (bicyclic) bond motifs is 1. The van der Waals surface area contributed by atoms with Gasteiger partial charge in [0.05, 0.1) is 19.8 Å². The number of nitro benzene ring substituents is 1. The predicted octanol–water partition coefficient (Wildman–Crippen LogP) is 4.87. The maximum absolute atomic E-state index is 13.6. The third-order valence-electron chi connectivity index (χ3n) is 3.79. The minimum absolute atomic E-state index is 0.0281. The highest BCUT2D eigenvalue weighted by molar-refractivity contribution is 9.10. The van der Waals surface area contributed by atoms with Gasteiger partial charge in [-0.1, -0.05) is 11.6 Å². The maximum atomic E-state index is 13.6. The lowest BCUT2D eigenvalue weighted by Gasteiger charge is -2.08. The molecule has 0 N–H and O–H groups in total. The van der Waals surface area contributed by atoms with Crippen molar-refractivity contribution in [3.05, 3.63) is 60.8 Å². The van der Waals surface area contributed by atoms with Crippen LogP contribution in [0.1, 0.15) is 15.9 Å². The van der Waals surface area contributed by atoms with Crippen LogP contribution < -0.4 is 4.74 Å². The maximum Gasteiger partial charge on any atom is 0.388 e. The zero-order chi connectivity index (χ0) is 20.7. The Morgan fingerprint density at radius 2 is 2.07 bits per heavy atom. The molecule has 0 aliphatic heterocycles.